The Kier molecular flexibility index (Phi) is 3.49. The lowest BCUT2D eigenvalue weighted by Gasteiger charge is -2.28. The van der Waals surface area contributed by atoms with E-state index in [1.807, 2.05) is 19.1 Å². The van der Waals surface area contributed by atoms with E-state index in [2.05, 4.69) is 5.32 Å². The Hall–Kier alpha value is -1.81. The lowest BCUT2D eigenvalue weighted by Crippen LogP contribution is -2.42. The molecule has 4 nitrogen and oxygen atoms in total. The van der Waals surface area contributed by atoms with Gasteiger partial charge in [-0.2, -0.15) is 0 Å². The van der Waals surface area contributed by atoms with E-state index in [-0.39, 0.29) is 17.7 Å². The van der Waals surface area contributed by atoms with Gasteiger partial charge < -0.3 is 15.2 Å². The van der Waals surface area contributed by atoms with Crippen LogP contribution in [0.2, 0.25) is 5.02 Å². The molecule has 0 radical (unpaired) electrons. The SMILES string of the molecule is Cc1c(Cl)cccc1NC(=O)[C@H]1[C@@H](C(=O)[O-])[C@H]2C=C[C@@H]1C2. The largest absolute Gasteiger partial charge is 0.550 e. The highest BCUT2D eigenvalue weighted by Crippen LogP contribution is 2.48. The summed E-state index contributed by atoms with van der Waals surface area (Å²) in [5.74, 6) is -2.82. The number of carboxylic acids is 1. The van der Waals surface area contributed by atoms with Gasteiger partial charge in [-0.25, -0.2) is 0 Å². The molecule has 1 saturated carbocycles. The smallest absolute Gasteiger partial charge is 0.228 e. The molecule has 2 bridgehead atoms. The van der Waals surface area contributed by atoms with Gasteiger partial charge in [0, 0.05) is 22.6 Å². The first-order valence-corrected chi connectivity index (χ1v) is 7.32. The Balaban J connectivity index is 1.84. The molecule has 4 atom stereocenters. The number of nitrogens with one attached hydrogen (secondary N) is 1. The zero-order valence-electron chi connectivity index (χ0n) is 11.5. The number of halogens is 1. The topological polar surface area (TPSA) is 69.2 Å². The van der Waals surface area contributed by atoms with E-state index in [0.717, 1.165) is 5.56 Å². The third-order valence-electron chi connectivity index (χ3n) is 4.56. The van der Waals surface area contributed by atoms with Crippen LogP contribution in [0.1, 0.15) is 12.0 Å². The zero-order chi connectivity index (χ0) is 15.1. The Morgan fingerprint density at radius 1 is 1.24 bits per heavy atom. The Morgan fingerprint density at radius 3 is 2.57 bits per heavy atom. The van der Waals surface area contributed by atoms with Crippen LogP contribution in [0.3, 0.4) is 0 Å². The average Bonchev–Trinajstić information content (AvgIpc) is 3.04. The number of fused-ring (bicyclic) bond motifs is 2. The second-order valence-corrected chi connectivity index (χ2v) is 6.13. The van der Waals surface area contributed by atoms with Gasteiger partial charge in [0.2, 0.25) is 5.91 Å². The van der Waals surface area contributed by atoms with E-state index in [4.69, 9.17) is 11.6 Å². The van der Waals surface area contributed by atoms with Crippen LogP contribution in [0.4, 0.5) is 5.69 Å². The summed E-state index contributed by atoms with van der Waals surface area (Å²) >= 11 is 6.03. The van der Waals surface area contributed by atoms with E-state index in [1.165, 1.54) is 0 Å². The quantitative estimate of drug-likeness (QED) is 0.865. The van der Waals surface area contributed by atoms with E-state index >= 15 is 0 Å². The molecule has 1 aromatic rings. The fraction of sp³-hybridized carbons (Fsp3) is 0.375. The van der Waals surface area contributed by atoms with E-state index in [0.29, 0.717) is 17.1 Å². The molecule has 1 amide bonds. The molecule has 0 aromatic heterocycles. The van der Waals surface area contributed by atoms with Gasteiger partial charge in [0.05, 0.1) is 5.92 Å². The molecule has 2 aliphatic rings. The lowest BCUT2D eigenvalue weighted by atomic mass is 9.82. The number of allylic oxidation sites excluding steroid dienone is 2. The van der Waals surface area contributed by atoms with Crippen molar-refractivity contribution >= 4 is 29.2 Å². The van der Waals surface area contributed by atoms with Gasteiger partial charge in [0.15, 0.2) is 0 Å². The standard InChI is InChI=1S/C16H16ClNO3/c1-8-11(17)3-2-4-12(8)18-15(19)13-9-5-6-10(7-9)14(13)16(20)21/h2-6,9-10,13-14H,7H2,1H3,(H,18,19)(H,20,21)/p-1/t9-,10+,13-,14+/m1/s1. The maximum Gasteiger partial charge on any atom is 0.228 e. The summed E-state index contributed by atoms with van der Waals surface area (Å²) in [7, 11) is 0. The summed E-state index contributed by atoms with van der Waals surface area (Å²) < 4.78 is 0. The van der Waals surface area contributed by atoms with Crippen LogP contribution in [0.15, 0.2) is 30.4 Å². The number of rotatable bonds is 3. The minimum absolute atomic E-state index is 0.0163. The molecule has 1 aromatic carbocycles. The summed E-state index contributed by atoms with van der Waals surface area (Å²) in [5, 5.41) is 14.7. The molecule has 1 N–H and O–H groups in total. The second kappa shape index (κ2) is 5.19. The highest BCUT2D eigenvalue weighted by molar-refractivity contribution is 6.31. The van der Waals surface area contributed by atoms with Crippen LogP contribution < -0.4 is 10.4 Å². The average molecular weight is 305 g/mol. The van der Waals surface area contributed by atoms with Crippen molar-refractivity contribution in [3.63, 3.8) is 0 Å². The fourth-order valence-electron chi connectivity index (χ4n) is 3.46. The molecule has 5 heteroatoms. The van der Waals surface area contributed by atoms with Crippen LogP contribution in [0, 0.1) is 30.6 Å². The number of anilines is 1. The van der Waals surface area contributed by atoms with Crippen molar-refractivity contribution in [2.24, 2.45) is 23.7 Å². The predicted octanol–water partition coefficient (Wildman–Crippen LogP) is 1.78. The number of carbonyl (C=O) groups excluding carboxylic acids is 2. The molecule has 0 saturated heterocycles. The molecular formula is C16H15ClNO3-. The summed E-state index contributed by atoms with van der Waals surface area (Å²) in [5.41, 5.74) is 1.40. The monoisotopic (exact) mass is 304 g/mol. The van der Waals surface area contributed by atoms with Gasteiger partial charge in [0.25, 0.3) is 0 Å². The summed E-state index contributed by atoms with van der Waals surface area (Å²) in [6.45, 7) is 1.81. The van der Waals surface area contributed by atoms with Crippen molar-refractivity contribution in [1.82, 2.24) is 0 Å². The van der Waals surface area contributed by atoms with Crippen LogP contribution in [-0.2, 0) is 9.59 Å². The molecule has 3 rings (SSSR count). The molecule has 0 heterocycles. The minimum Gasteiger partial charge on any atom is -0.550 e. The van der Waals surface area contributed by atoms with Crippen LogP contribution in [-0.4, -0.2) is 11.9 Å². The summed E-state index contributed by atoms with van der Waals surface area (Å²) in [6.07, 6.45) is 4.55. The number of carboxylic acid groups (broad SMARTS) is 1. The van der Waals surface area contributed by atoms with E-state index in [9.17, 15) is 14.7 Å². The second-order valence-electron chi connectivity index (χ2n) is 5.72. The van der Waals surface area contributed by atoms with Crippen molar-refractivity contribution in [1.29, 1.82) is 0 Å². The molecule has 0 unspecified atom stereocenters. The maximum absolute atomic E-state index is 12.5. The number of hydrogen-bond donors (Lipinski definition) is 1. The molecule has 1 fully saturated rings. The van der Waals surface area contributed by atoms with Crippen LogP contribution in [0.25, 0.3) is 0 Å². The van der Waals surface area contributed by atoms with Crippen molar-refractivity contribution in [3.8, 4) is 0 Å². The van der Waals surface area contributed by atoms with Gasteiger partial charge in [0.1, 0.15) is 0 Å². The zero-order valence-corrected chi connectivity index (χ0v) is 12.3. The molecule has 21 heavy (non-hydrogen) atoms. The number of benzene rings is 1. The fourth-order valence-corrected chi connectivity index (χ4v) is 3.63. The van der Waals surface area contributed by atoms with Crippen molar-refractivity contribution in [2.75, 3.05) is 5.32 Å². The molecular weight excluding hydrogens is 290 g/mol. The first kappa shape index (κ1) is 14.1. The van der Waals surface area contributed by atoms with Crippen molar-refractivity contribution in [3.05, 3.63) is 40.9 Å². The number of aliphatic carboxylic acids is 1. The van der Waals surface area contributed by atoms with Crippen LogP contribution in [0.5, 0.6) is 0 Å². The summed E-state index contributed by atoms with van der Waals surface area (Å²) in [4.78, 5) is 23.8. The minimum atomic E-state index is -1.14. The Morgan fingerprint density at radius 2 is 1.90 bits per heavy atom. The van der Waals surface area contributed by atoms with E-state index < -0.39 is 17.8 Å². The highest BCUT2D eigenvalue weighted by Gasteiger charge is 2.48. The van der Waals surface area contributed by atoms with Crippen LogP contribution >= 0.6 is 11.6 Å². The Bertz CT molecular complexity index is 640. The first-order chi connectivity index (χ1) is 9.99. The lowest BCUT2D eigenvalue weighted by molar-refractivity contribution is -0.313. The maximum atomic E-state index is 12.5. The third-order valence-corrected chi connectivity index (χ3v) is 4.97. The molecule has 110 valence electrons. The highest BCUT2D eigenvalue weighted by atomic mass is 35.5. The molecule has 0 spiro atoms. The van der Waals surface area contributed by atoms with Gasteiger partial charge in [-0.3, -0.25) is 4.79 Å². The third kappa shape index (κ3) is 2.33. The predicted molar refractivity (Wildman–Crippen MR) is 77.5 cm³/mol. The van der Waals surface area contributed by atoms with E-state index in [1.54, 1.807) is 18.2 Å². The number of carbonyl (C=O) groups is 2. The first-order valence-electron chi connectivity index (χ1n) is 6.94. The Labute approximate surface area is 127 Å². The molecule has 2 aliphatic carbocycles. The molecule has 0 aliphatic heterocycles. The number of amides is 1. The summed E-state index contributed by atoms with van der Waals surface area (Å²) in [6, 6.07) is 5.26. The van der Waals surface area contributed by atoms with Crippen molar-refractivity contribution < 1.29 is 14.7 Å². The number of hydrogen-bond acceptors (Lipinski definition) is 3. The van der Waals surface area contributed by atoms with Crippen molar-refractivity contribution in [2.45, 2.75) is 13.3 Å². The van der Waals surface area contributed by atoms with Gasteiger partial charge in [-0.15, -0.1) is 0 Å². The normalized spacial score (nSPS) is 29.6. The van der Waals surface area contributed by atoms with Gasteiger partial charge in [-0.1, -0.05) is 29.8 Å². The van der Waals surface area contributed by atoms with Gasteiger partial charge in [-0.05, 0) is 42.9 Å². The van der Waals surface area contributed by atoms with Gasteiger partial charge >= 0.3 is 0 Å².